The summed E-state index contributed by atoms with van der Waals surface area (Å²) in [6, 6.07) is 3.65. The molecule has 1 N–H and O–H groups in total. The smallest absolute Gasteiger partial charge is 0.227 e. The second-order valence-electron chi connectivity index (χ2n) is 7.49. The summed E-state index contributed by atoms with van der Waals surface area (Å²) in [6.45, 7) is 9.00. The zero-order valence-electron chi connectivity index (χ0n) is 13.6. The normalized spacial score (nSPS) is 20.9. The Morgan fingerprint density at radius 1 is 1.23 bits per heavy atom. The second kappa shape index (κ2) is 5.43. The first-order chi connectivity index (χ1) is 10.3. The molecule has 0 unspecified atom stereocenters. The summed E-state index contributed by atoms with van der Waals surface area (Å²) in [5.74, 6) is 1.72. The fourth-order valence-electron chi connectivity index (χ4n) is 3.79. The van der Waals surface area contributed by atoms with Crippen LogP contribution < -0.4 is 5.32 Å². The molecule has 0 bridgehead atoms. The maximum Gasteiger partial charge on any atom is 0.227 e. The standard InChI is InChI=1S/C16H23N5O/c1-15(2)9-11(10-16(3,4)21-15)8-13-18-14(20-22-13)12-6-5-7-17-19-12/h5-7,11,21H,8-10H2,1-4H3. The molecule has 6 nitrogen and oxygen atoms in total. The molecule has 0 aromatic carbocycles. The number of rotatable bonds is 3. The minimum atomic E-state index is 0.125. The molecule has 0 aliphatic carbocycles. The summed E-state index contributed by atoms with van der Waals surface area (Å²) in [4.78, 5) is 4.47. The first-order valence-corrected chi connectivity index (χ1v) is 7.73. The Labute approximate surface area is 130 Å². The highest BCUT2D eigenvalue weighted by molar-refractivity contribution is 5.46. The Morgan fingerprint density at radius 2 is 1.95 bits per heavy atom. The summed E-state index contributed by atoms with van der Waals surface area (Å²) in [5.41, 5.74) is 0.892. The van der Waals surface area contributed by atoms with Crippen molar-refractivity contribution in [3.63, 3.8) is 0 Å². The molecular formula is C16H23N5O. The Balaban J connectivity index is 1.73. The van der Waals surface area contributed by atoms with Gasteiger partial charge in [-0.05, 0) is 58.6 Å². The van der Waals surface area contributed by atoms with Gasteiger partial charge in [-0.15, -0.1) is 5.10 Å². The highest BCUT2D eigenvalue weighted by Crippen LogP contribution is 2.34. The van der Waals surface area contributed by atoms with Crippen molar-refractivity contribution in [3.05, 3.63) is 24.2 Å². The van der Waals surface area contributed by atoms with Gasteiger partial charge in [-0.2, -0.15) is 10.1 Å². The van der Waals surface area contributed by atoms with Crippen molar-refractivity contribution < 1.29 is 4.52 Å². The Hall–Kier alpha value is -1.82. The molecule has 0 atom stereocenters. The minimum Gasteiger partial charge on any atom is -0.339 e. The Bertz CT molecular complexity index is 619. The summed E-state index contributed by atoms with van der Waals surface area (Å²) in [6.07, 6.45) is 4.63. The number of nitrogens with one attached hydrogen (secondary N) is 1. The van der Waals surface area contributed by atoms with Gasteiger partial charge >= 0.3 is 0 Å². The Kier molecular flexibility index (Phi) is 3.72. The maximum absolute atomic E-state index is 5.41. The first kappa shape index (κ1) is 15.1. The third-order valence-electron chi connectivity index (χ3n) is 4.01. The summed E-state index contributed by atoms with van der Waals surface area (Å²) in [5, 5.41) is 15.6. The zero-order chi connectivity index (χ0) is 15.8. The van der Waals surface area contributed by atoms with E-state index in [1.807, 2.05) is 12.1 Å². The van der Waals surface area contributed by atoms with Gasteiger partial charge in [-0.25, -0.2) is 0 Å². The van der Waals surface area contributed by atoms with E-state index in [0.29, 0.717) is 23.3 Å². The van der Waals surface area contributed by atoms with Crippen LogP contribution in [0.15, 0.2) is 22.9 Å². The van der Waals surface area contributed by atoms with Crippen LogP contribution in [-0.2, 0) is 6.42 Å². The molecular weight excluding hydrogens is 278 g/mol. The number of nitrogens with zero attached hydrogens (tertiary/aromatic N) is 4. The molecule has 3 rings (SSSR count). The SMILES string of the molecule is CC1(C)CC(Cc2nc(-c3cccnn3)no2)CC(C)(C)N1. The zero-order valence-corrected chi connectivity index (χ0v) is 13.6. The maximum atomic E-state index is 5.41. The van der Waals surface area contributed by atoms with Crippen LogP contribution in [0.5, 0.6) is 0 Å². The highest BCUT2D eigenvalue weighted by atomic mass is 16.5. The molecule has 6 heteroatoms. The molecule has 0 radical (unpaired) electrons. The van der Waals surface area contributed by atoms with Gasteiger partial charge < -0.3 is 9.84 Å². The number of hydrogen-bond donors (Lipinski definition) is 1. The third kappa shape index (κ3) is 3.50. The van der Waals surface area contributed by atoms with E-state index in [1.54, 1.807) is 6.20 Å². The van der Waals surface area contributed by atoms with Crippen molar-refractivity contribution >= 4 is 0 Å². The van der Waals surface area contributed by atoms with Gasteiger partial charge in [0, 0.05) is 23.7 Å². The highest BCUT2D eigenvalue weighted by Gasteiger charge is 2.38. The molecule has 1 saturated heterocycles. The molecule has 0 spiro atoms. The lowest BCUT2D eigenvalue weighted by molar-refractivity contribution is 0.123. The van der Waals surface area contributed by atoms with E-state index in [0.717, 1.165) is 19.3 Å². The van der Waals surface area contributed by atoms with Crippen LogP contribution in [0.25, 0.3) is 11.5 Å². The second-order valence-corrected chi connectivity index (χ2v) is 7.49. The predicted octanol–water partition coefficient (Wildman–Crippen LogP) is 2.63. The van der Waals surface area contributed by atoms with Gasteiger partial charge in [0.2, 0.25) is 11.7 Å². The molecule has 0 amide bonds. The van der Waals surface area contributed by atoms with Gasteiger partial charge in [0.25, 0.3) is 0 Å². The van der Waals surface area contributed by atoms with Crippen molar-refractivity contribution in [2.45, 2.75) is 58.0 Å². The van der Waals surface area contributed by atoms with E-state index in [2.05, 4.69) is 53.3 Å². The van der Waals surface area contributed by atoms with E-state index < -0.39 is 0 Å². The predicted molar refractivity (Wildman–Crippen MR) is 83.0 cm³/mol. The monoisotopic (exact) mass is 301 g/mol. The van der Waals surface area contributed by atoms with E-state index in [1.165, 1.54) is 0 Å². The van der Waals surface area contributed by atoms with E-state index >= 15 is 0 Å². The molecule has 2 aromatic heterocycles. The van der Waals surface area contributed by atoms with E-state index in [9.17, 15) is 0 Å². The number of hydrogen-bond acceptors (Lipinski definition) is 6. The summed E-state index contributed by atoms with van der Waals surface area (Å²) >= 11 is 0. The Morgan fingerprint density at radius 3 is 2.59 bits per heavy atom. The van der Waals surface area contributed by atoms with Crippen molar-refractivity contribution in [1.82, 2.24) is 25.7 Å². The van der Waals surface area contributed by atoms with E-state index in [-0.39, 0.29) is 11.1 Å². The molecule has 3 heterocycles. The van der Waals surface area contributed by atoms with Crippen LogP contribution in [0.1, 0.15) is 46.4 Å². The lowest BCUT2D eigenvalue weighted by atomic mass is 9.75. The molecule has 0 saturated carbocycles. The van der Waals surface area contributed by atoms with Crippen molar-refractivity contribution in [2.75, 3.05) is 0 Å². The number of piperidine rings is 1. The largest absolute Gasteiger partial charge is 0.339 e. The lowest BCUT2D eigenvalue weighted by Gasteiger charge is -2.46. The average molecular weight is 301 g/mol. The average Bonchev–Trinajstić information content (AvgIpc) is 2.84. The van der Waals surface area contributed by atoms with Crippen LogP contribution in [-0.4, -0.2) is 31.4 Å². The van der Waals surface area contributed by atoms with Crippen molar-refractivity contribution in [2.24, 2.45) is 5.92 Å². The molecule has 1 fully saturated rings. The summed E-state index contributed by atoms with van der Waals surface area (Å²) < 4.78 is 5.41. The number of aromatic nitrogens is 4. The van der Waals surface area contributed by atoms with Crippen LogP contribution >= 0.6 is 0 Å². The fraction of sp³-hybridized carbons (Fsp3) is 0.625. The molecule has 1 aliphatic heterocycles. The minimum absolute atomic E-state index is 0.125. The first-order valence-electron chi connectivity index (χ1n) is 7.73. The molecule has 22 heavy (non-hydrogen) atoms. The van der Waals surface area contributed by atoms with Gasteiger partial charge in [0.15, 0.2) is 0 Å². The molecule has 1 aliphatic rings. The van der Waals surface area contributed by atoms with Gasteiger partial charge in [0.05, 0.1) is 0 Å². The molecule has 118 valence electrons. The van der Waals surface area contributed by atoms with Crippen molar-refractivity contribution in [1.29, 1.82) is 0 Å². The van der Waals surface area contributed by atoms with Crippen LogP contribution in [0.3, 0.4) is 0 Å². The topological polar surface area (TPSA) is 76.7 Å². The fourth-order valence-corrected chi connectivity index (χ4v) is 3.79. The molecule has 2 aromatic rings. The summed E-state index contributed by atoms with van der Waals surface area (Å²) in [7, 11) is 0. The van der Waals surface area contributed by atoms with Crippen molar-refractivity contribution in [3.8, 4) is 11.5 Å². The van der Waals surface area contributed by atoms with Crippen LogP contribution in [0.4, 0.5) is 0 Å². The van der Waals surface area contributed by atoms with Crippen LogP contribution in [0, 0.1) is 5.92 Å². The lowest BCUT2D eigenvalue weighted by Crippen LogP contribution is -2.58. The van der Waals surface area contributed by atoms with E-state index in [4.69, 9.17) is 4.52 Å². The third-order valence-corrected chi connectivity index (χ3v) is 4.01. The quantitative estimate of drug-likeness (QED) is 0.939. The van der Waals surface area contributed by atoms with Crippen LogP contribution in [0.2, 0.25) is 0 Å². The van der Waals surface area contributed by atoms with Gasteiger partial charge in [-0.3, -0.25) is 0 Å². The van der Waals surface area contributed by atoms with Gasteiger partial charge in [0.1, 0.15) is 5.69 Å². The van der Waals surface area contributed by atoms with Gasteiger partial charge in [-0.1, -0.05) is 5.16 Å².